The molecule has 11 heteroatoms. The van der Waals surface area contributed by atoms with Crippen LogP contribution in [0.25, 0.3) is 22.2 Å². The summed E-state index contributed by atoms with van der Waals surface area (Å²) >= 11 is 0. The first-order valence-electron chi connectivity index (χ1n) is 12.6. The first-order valence-corrected chi connectivity index (χ1v) is 14.6. The highest BCUT2D eigenvalue weighted by molar-refractivity contribution is 7.90. The van der Waals surface area contributed by atoms with Gasteiger partial charge in [-0.2, -0.15) is 5.10 Å². The normalized spacial score (nSPS) is 17.7. The molecule has 1 fully saturated rings. The fourth-order valence-corrected chi connectivity index (χ4v) is 6.44. The van der Waals surface area contributed by atoms with Gasteiger partial charge in [-0.15, -0.1) is 0 Å². The first-order chi connectivity index (χ1) is 17.9. The van der Waals surface area contributed by atoms with Crippen LogP contribution in [-0.2, 0) is 16.9 Å². The molecule has 0 bridgehead atoms. The number of nitrogens with one attached hydrogen (secondary N) is 1. The fraction of sp³-hybridized carbons (Fsp3) is 0.407. The maximum Gasteiger partial charge on any atom is 0.164 e. The Kier molecular flexibility index (Phi) is 6.58. The summed E-state index contributed by atoms with van der Waals surface area (Å²) in [5.74, 6) is 1.46. The minimum Gasteiger partial charge on any atom is -0.367 e. The number of sulfone groups is 1. The molecule has 2 atom stereocenters. The molecule has 4 aromatic rings. The van der Waals surface area contributed by atoms with Crippen molar-refractivity contribution in [1.82, 2.24) is 24.7 Å². The maximum atomic E-state index is 15.5. The molecule has 0 unspecified atom stereocenters. The third-order valence-corrected chi connectivity index (χ3v) is 8.20. The summed E-state index contributed by atoms with van der Waals surface area (Å²) in [6, 6.07) is 5.15. The second kappa shape index (κ2) is 9.61. The van der Waals surface area contributed by atoms with Gasteiger partial charge in [0.25, 0.3) is 0 Å². The monoisotopic (exact) mass is 537 g/mol. The Morgan fingerprint density at radius 2 is 1.95 bits per heavy atom. The standard InChI is InChI=1S/C27H32FN7O2S/c1-15(2)26-19-9-25(31-24-7-8-29-27(32-24)21-13-34(5)33-16(21)3)30-11-20(19)23(10-22(26)28)35-12-18(17(35)4)14-38(6,36)37/h7-11,13,15,17-18H,12,14H2,1-6H3,(H,29,30,31,32)/t17-,18-/m1/s1. The van der Waals surface area contributed by atoms with E-state index in [1.54, 1.807) is 29.2 Å². The third kappa shape index (κ3) is 4.94. The topological polar surface area (TPSA) is 106 Å². The summed E-state index contributed by atoms with van der Waals surface area (Å²) in [7, 11) is -1.23. The van der Waals surface area contributed by atoms with Crippen LogP contribution in [0.2, 0.25) is 0 Å². The summed E-state index contributed by atoms with van der Waals surface area (Å²) < 4.78 is 40.8. The molecule has 3 aromatic heterocycles. The summed E-state index contributed by atoms with van der Waals surface area (Å²) in [4.78, 5) is 15.7. The van der Waals surface area contributed by atoms with Crippen molar-refractivity contribution in [3.8, 4) is 11.4 Å². The van der Waals surface area contributed by atoms with E-state index < -0.39 is 9.84 Å². The van der Waals surface area contributed by atoms with E-state index in [1.165, 1.54) is 6.26 Å². The van der Waals surface area contributed by atoms with Crippen molar-refractivity contribution in [1.29, 1.82) is 0 Å². The molecule has 0 amide bonds. The number of benzene rings is 1. The highest BCUT2D eigenvalue weighted by Gasteiger charge is 2.38. The smallest absolute Gasteiger partial charge is 0.164 e. The Labute approximate surface area is 222 Å². The molecular formula is C27H32FN7O2S. The van der Waals surface area contributed by atoms with E-state index in [4.69, 9.17) is 0 Å². The Morgan fingerprint density at radius 3 is 2.58 bits per heavy atom. The summed E-state index contributed by atoms with van der Waals surface area (Å²) in [6.07, 6.45) is 6.56. The van der Waals surface area contributed by atoms with Crippen molar-refractivity contribution in [3.05, 3.63) is 53.9 Å². The van der Waals surface area contributed by atoms with Crippen molar-refractivity contribution < 1.29 is 12.8 Å². The Hall–Kier alpha value is -3.60. The zero-order valence-electron chi connectivity index (χ0n) is 22.4. The van der Waals surface area contributed by atoms with E-state index in [1.807, 2.05) is 47.0 Å². The van der Waals surface area contributed by atoms with Crippen molar-refractivity contribution in [2.24, 2.45) is 13.0 Å². The van der Waals surface area contributed by atoms with Gasteiger partial charge in [-0.05, 0) is 48.9 Å². The van der Waals surface area contributed by atoms with Crippen molar-refractivity contribution in [3.63, 3.8) is 0 Å². The zero-order valence-corrected chi connectivity index (χ0v) is 23.2. The highest BCUT2D eigenvalue weighted by Crippen LogP contribution is 2.41. The van der Waals surface area contributed by atoms with Crippen LogP contribution < -0.4 is 10.2 Å². The number of nitrogens with zero attached hydrogens (tertiary/aromatic N) is 6. The van der Waals surface area contributed by atoms with Crippen molar-refractivity contribution >= 4 is 37.9 Å². The molecule has 38 heavy (non-hydrogen) atoms. The van der Waals surface area contributed by atoms with Gasteiger partial charge in [0, 0.05) is 61.5 Å². The molecular weight excluding hydrogens is 505 g/mol. The van der Waals surface area contributed by atoms with Crippen molar-refractivity contribution in [2.75, 3.05) is 28.8 Å². The number of anilines is 3. The number of pyridine rings is 1. The molecule has 1 aromatic carbocycles. The fourth-order valence-electron chi connectivity index (χ4n) is 5.27. The molecule has 1 N–H and O–H groups in total. The second-order valence-electron chi connectivity index (χ2n) is 10.5. The quantitative estimate of drug-likeness (QED) is 0.364. The predicted octanol–water partition coefficient (Wildman–Crippen LogP) is 4.61. The Balaban J connectivity index is 1.50. The minimum atomic E-state index is -3.09. The van der Waals surface area contributed by atoms with E-state index in [-0.39, 0.29) is 29.4 Å². The average molecular weight is 538 g/mol. The van der Waals surface area contributed by atoms with Gasteiger partial charge in [0.05, 0.1) is 17.0 Å². The highest BCUT2D eigenvalue weighted by atomic mass is 32.2. The largest absolute Gasteiger partial charge is 0.367 e. The lowest BCUT2D eigenvalue weighted by molar-refractivity contribution is 0.341. The molecule has 200 valence electrons. The number of hydrogen-bond donors (Lipinski definition) is 1. The summed E-state index contributed by atoms with van der Waals surface area (Å²) in [5.41, 5.74) is 3.02. The van der Waals surface area contributed by atoms with Gasteiger partial charge in [0.1, 0.15) is 27.3 Å². The van der Waals surface area contributed by atoms with Crippen LogP contribution >= 0.6 is 0 Å². The lowest BCUT2D eigenvalue weighted by atomic mass is 9.88. The number of halogens is 1. The van der Waals surface area contributed by atoms with Gasteiger partial charge >= 0.3 is 0 Å². The van der Waals surface area contributed by atoms with Gasteiger partial charge in [0.2, 0.25) is 0 Å². The molecule has 5 rings (SSSR count). The lowest BCUT2D eigenvalue weighted by Gasteiger charge is -2.48. The van der Waals surface area contributed by atoms with Crippen LogP contribution in [-0.4, -0.2) is 57.7 Å². The Bertz CT molecular complexity index is 1630. The van der Waals surface area contributed by atoms with E-state index in [0.717, 1.165) is 27.7 Å². The molecule has 9 nitrogen and oxygen atoms in total. The van der Waals surface area contributed by atoms with Gasteiger partial charge < -0.3 is 10.2 Å². The van der Waals surface area contributed by atoms with Gasteiger partial charge in [0.15, 0.2) is 5.82 Å². The van der Waals surface area contributed by atoms with E-state index in [2.05, 4.69) is 30.3 Å². The molecule has 4 heterocycles. The molecule has 0 radical (unpaired) electrons. The number of aromatic nitrogens is 5. The van der Waals surface area contributed by atoms with Crippen LogP contribution in [0.5, 0.6) is 0 Å². The average Bonchev–Trinajstić information content (AvgIpc) is 3.17. The zero-order chi connectivity index (χ0) is 27.4. The first kappa shape index (κ1) is 26.0. The third-order valence-electron chi connectivity index (χ3n) is 7.17. The van der Waals surface area contributed by atoms with Gasteiger partial charge in [-0.3, -0.25) is 4.68 Å². The SMILES string of the molecule is Cc1nn(C)cc1-c1nccc(Nc2cc3c(C(C)C)c(F)cc(N4C[C@H](CS(C)(=O)=O)[C@H]4C)c3cn2)n1. The van der Waals surface area contributed by atoms with E-state index >= 15 is 4.39 Å². The number of aryl methyl sites for hydroxylation is 2. The van der Waals surface area contributed by atoms with Gasteiger partial charge in [-0.1, -0.05) is 13.8 Å². The number of rotatable bonds is 7. The minimum absolute atomic E-state index is 0.0113. The van der Waals surface area contributed by atoms with E-state index in [0.29, 0.717) is 29.6 Å². The summed E-state index contributed by atoms with van der Waals surface area (Å²) in [5, 5.41) is 9.21. The van der Waals surface area contributed by atoms with Crippen LogP contribution in [0.4, 0.5) is 21.7 Å². The van der Waals surface area contributed by atoms with Crippen LogP contribution in [0.15, 0.2) is 36.8 Å². The van der Waals surface area contributed by atoms with Crippen LogP contribution in [0, 0.1) is 18.7 Å². The van der Waals surface area contributed by atoms with Crippen molar-refractivity contribution in [2.45, 2.75) is 39.7 Å². The molecule has 0 saturated carbocycles. The summed E-state index contributed by atoms with van der Waals surface area (Å²) in [6.45, 7) is 8.38. The molecule has 1 aliphatic heterocycles. The van der Waals surface area contributed by atoms with Crippen LogP contribution in [0.1, 0.15) is 37.9 Å². The predicted molar refractivity (Wildman–Crippen MR) is 148 cm³/mol. The molecule has 1 saturated heterocycles. The van der Waals surface area contributed by atoms with E-state index in [9.17, 15) is 8.42 Å². The number of hydrogen-bond acceptors (Lipinski definition) is 8. The molecule has 0 spiro atoms. The second-order valence-corrected chi connectivity index (χ2v) is 12.7. The van der Waals surface area contributed by atoms with Crippen LogP contribution in [0.3, 0.4) is 0 Å². The molecule has 1 aliphatic rings. The Morgan fingerprint density at radius 1 is 1.18 bits per heavy atom. The maximum absolute atomic E-state index is 15.5. The molecule has 0 aliphatic carbocycles. The van der Waals surface area contributed by atoms with Gasteiger partial charge in [-0.25, -0.2) is 27.8 Å². The lowest BCUT2D eigenvalue weighted by Crippen LogP contribution is -2.57. The number of fused-ring (bicyclic) bond motifs is 1.